The van der Waals surface area contributed by atoms with Crippen molar-refractivity contribution < 1.29 is 29.0 Å². The zero-order valence-electron chi connectivity index (χ0n) is 14.1. The summed E-state index contributed by atoms with van der Waals surface area (Å²) in [5.41, 5.74) is -0.696. The van der Waals surface area contributed by atoms with Crippen LogP contribution in [0, 0.1) is 5.92 Å². The first-order chi connectivity index (χ1) is 9.96. The van der Waals surface area contributed by atoms with E-state index in [2.05, 4.69) is 10.1 Å². The maximum Gasteiger partial charge on any atom is 0.328 e. The summed E-state index contributed by atoms with van der Waals surface area (Å²) in [4.78, 5) is 35.3. The summed E-state index contributed by atoms with van der Waals surface area (Å²) in [7, 11) is 1.15. The molecule has 0 aromatic rings. The predicted molar refractivity (Wildman–Crippen MR) is 79.9 cm³/mol. The van der Waals surface area contributed by atoms with Crippen LogP contribution in [0.5, 0.6) is 0 Å². The molecule has 0 saturated carbocycles. The molecule has 0 aliphatic rings. The maximum atomic E-state index is 11.9. The fourth-order valence-electron chi connectivity index (χ4n) is 1.71. The van der Waals surface area contributed by atoms with Crippen molar-refractivity contribution in [3.63, 3.8) is 0 Å². The molecule has 0 rings (SSSR count). The second-order valence-electron chi connectivity index (χ2n) is 6.52. The monoisotopic (exact) mass is 317 g/mol. The molecule has 0 spiro atoms. The minimum atomic E-state index is -1.24. The van der Waals surface area contributed by atoms with E-state index < -0.39 is 35.6 Å². The number of amides is 1. The van der Waals surface area contributed by atoms with Gasteiger partial charge in [0.2, 0.25) is 5.91 Å². The van der Waals surface area contributed by atoms with E-state index in [9.17, 15) is 19.5 Å². The van der Waals surface area contributed by atoms with Crippen molar-refractivity contribution >= 4 is 17.8 Å². The number of methoxy groups -OCH3 is 1. The molecule has 0 fully saturated rings. The number of nitrogens with one attached hydrogen (secondary N) is 1. The van der Waals surface area contributed by atoms with Crippen LogP contribution in [0.25, 0.3) is 0 Å². The van der Waals surface area contributed by atoms with Crippen LogP contribution in [0.3, 0.4) is 0 Å². The van der Waals surface area contributed by atoms with Gasteiger partial charge < -0.3 is 19.9 Å². The van der Waals surface area contributed by atoms with Gasteiger partial charge in [0.15, 0.2) is 0 Å². The van der Waals surface area contributed by atoms with Crippen LogP contribution in [-0.4, -0.2) is 47.8 Å². The first kappa shape index (κ1) is 20.4. The van der Waals surface area contributed by atoms with Gasteiger partial charge in [-0.1, -0.05) is 13.8 Å². The number of hydrogen-bond acceptors (Lipinski definition) is 6. The van der Waals surface area contributed by atoms with E-state index >= 15 is 0 Å². The summed E-state index contributed by atoms with van der Waals surface area (Å²) in [5.74, 6) is -2.01. The third kappa shape index (κ3) is 8.61. The molecule has 0 unspecified atom stereocenters. The minimum absolute atomic E-state index is 0.114. The van der Waals surface area contributed by atoms with E-state index in [4.69, 9.17) is 4.74 Å². The number of aliphatic hydroxyl groups is 1. The number of rotatable bonds is 7. The highest BCUT2D eigenvalue weighted by Gasteiger charge is 2.29. The van der Waals surface area contributed by atoms with Gasteiger partial charge in [-0.05, 0) is 33.1 Å². The van der Waals surface area contributed by atoms with Gasteiger partial charge in [-0.2, -0.15) is 0 Å². The Labute approximate surface area is 131 Å². The Hall–Kier alpha value is -1.63. The van der Waals surface area contributed by atoms with Crippen molar-refractivity contribution in [2.24, 2.45) is 5.92 Å². The van der Waals surface area contributed by atoms with E-state index in [-0.39, 0.29) is 18.8 Å². The normalized spacial score (nSPS) is 14.2. The molecule has 1 amide bonds. The van der Waals surface area contributed by atoms with Gasteiger partial charge >= 0.3 is 11.9 Å². The third-order valence-corrected chi connectivity index (χ3v) is 2.59. The van der Waals surface area contributed by atoms with Crippen LogP contribution in [0.15, 0.2) is 0 Å². The van der Waals surface area contributed by atoms with Crippen molar-refractivity contribution in [1.82, 2.24) is 5.32 Å². The maximum absolute atomic E-state index is 11.9. The van der Waals surface area contributed by atoms with Crippen LogP contribution in [0.4, 0.5) is 0 Å². The highest BCUT2D eigenvalue weighted by Crippen LogP contribution is 2.10. The summed E-state index contributed by atoms with van der Waals surface area (Å²) >= 11 is 0. The highest BCUT2D eigenvalue weighted by molar-refractivity contribution is 5.89. The van der Waals surface area contributed by atoms with E-state index in [0.29, 0.717) is 0 Å². The van der Waals surface area contributed by atoms with Crippen LogP contribution in [0.1, 0.15) is 47.5 Å². The van der Waals surface area contributed by atoms with Crippen LogP contribution < -0.4 is 5.32 Å². The predicted octanol–water partition coefficient (Wildman–Crippen LogP) is 0.783. The Bertz CT molecular complexity index is 399. The van der Waals surface area contributed by atoms with E-state index in [1.165, 1.54) is 0 Å². The molecule has 0 bridgehead atoms. The first-order valence-corrected chi connectivity index (χ1v) is 7.24. The van der Waals surface area contributed by atoms with Gasteiger partial charge in [-0.15, -0.1) is 0 Å². The second kappa shape index (κ2) is 8.73. The molecule has 7 heteroatoms. The molecule has 22 heavy (non-hydrogen) atoms. The summed E-state index contributed by atoms with van der Waals surface area (Å²) in [5, 5.41) is 12.1. The lowest BCUT2D eigenvalue weighted by Crippen LogP contribution is -2.47. The van der Waals surface area contributed by atoms with Gasteiger partial charge in [-0.25, -0.2) is 4.79 Å². The molecule has 0 saturated heterocycles. The third-order valence-electron chi connectivity index (χ3n) is 2.59. The zero-order valence-corrected chi connectivity index (χ0v) is 14.1. The molecular weight excluding hydrogens is 290 g/mol. The fourth-order valence-corrected chi connectivity index (χ4v) is 1.71. The molecule has 0 aliphatic carbocycles. The molecule has 7 nitrogen and oxygen atoms in total. The minimum Gasteiger partial charge on any atom is -0.467 e. The van der Waals surface area contributed by atoms with E-state index in [1.807, 2.05) is 13.8 Å². The molecule has 0 heterocycles. The number of esters is 2. The molecule has 2 N–H and O–H groups in total. The molecule has 0 aromatic heterocycles. The summed E-state index contributed by atoms with van der Waals surface area (Å²) in [6.45, 7) is 8.80. The lowest BCUT2D eigenvalue weighted by molar-refractivity contribution is -0.159. The van der Waals surface area contributed by atoms with Crippen LogP contribution >= 0.6 is 0 Å². The summed E-state index contributed by atoms with van der Waals surface area (Å²) in [6, 6.07) is -1.19. The fraction of sp³-hybridized carbons (Fsp3) is 0.800. The Morgan fingerprint density at radius 2 is 1.73 bits per heavy atom. The molecule has 0 aromatic carbocycles. The Balaban J connectivity index is 4.76. The van der Waals surface area contributed by atoms with Crippen LogP contribution in [0.2, 0.25) is 0 Å². The molecular formula is C15H27NO6. The number of carbonyl (C=O) groups is 3. The highest BCUT2D eigenvalue weighted by atomic mass is 16.6. The quantitative estimate of drug-likeness (QED) is 0.673. The molecule has 2 atom stereocenters. The zero-order chi connectivity index (χ0) is 17.5. The van der Waals surface area contributed by atoms with Gasteiger partial charge in [-0.3, -0.25) is 9.59 Å². The van der Waals surface area contributed by atoms with Gasteiger partial charge in [0.05, 0.1) is 13.5 Å². The Kier molecular flexibility index (Phi) is 8.08. The molecule has 0 radical (unpaired) electrons. The van der Waals surface area contributed by atoms with Gasteiger partial charge in [0.25, 0.3) is 0 Å². The standard InChI is InChI=1S/C15H27NO6/c1-9(2)7-11(17)13(19)16-10(14(20)21-6)8-12(18)22-15(3,4)5/h9-11,17H,7-8H2,1-6H3,(H,16,19)/t10-,11+/m0/s1. The summed E-state index contributed by atoms with van der Waals surface area (Å²) < 4.78 is 9.67. The lowest BCUT2D eigenvalue weighted by atomic mass is 10.0. The average molecular weight is 317 g/mol. The topological polar surface area (TPSA) is 102 Å². The second-order valence-corrected chi connectivity index (χ2v) is 6.52. The number of hydrogen-bond donors (Lipinski definition) is 2. The van der Waals surface area contributed by atoms with Crippen molar-refractivity contribution in [3.05, 3.63) is 0 Å². The van der Waals surface area contributed by atoms with Gasteiger partial charge in [0.1, 0.15) is 17.7 Å². The van der Waals surface area contributed by atoms with E-state index in [1.54, 1.807) is 20.8 Å². The molecule has 0 aliphatic heterocycles. The lowest BCUT2D eigenvalue weighted by Gasteiger charge is -2.22. The first-order valence-electron chi connectivity index (χ1n) is 7.24. The van der Waals surface area contributed by atoms with Gasteiger partial charge in [0, 0.05) is 0 Å². The Morgan fingerprint density at radius 1 is 1.18 bits per heavy atom. The largest absolute Gasteiger partial charge is 0.467 e. The van der Waals surface area contributed by atoms with Crippen molar-refractivity contribution in [2.75, 3.05) is 7.11 Å². The summed E-state index contributed by atoms with van der Waals surface area (Å²) in [6.07, 6.45) is -1.35. The van der Waals surface area contributed by atoms with E-state index in [0.717, 1.165) is 7.11 Å². The smallest absolute Gasteiger partial charge is 0.328 e. The number of ether oxygens (including phenoxy) is 2. The average Bonchev–Trinajstić information content (AvgIpc) is 2.33. The Morgan fingerprint density at radius 3 is 2.14 bits per heavy atom. The van der Waals surface area contributed by atoms with Crippen molar-refractivity contribution in [2.45, 2.75) is 65.2 Å². The molecule has 128 valence electrons. The SMILES string of the molecule is COC(=O)[C@H](CC(=O)OC(C)(C)C)NC(=O)[C@H](O)CC(C)C. The number of aliphatic hydroxyl groups excluding tert-OH is 1. The van der Waals surface area contributed by atoms with Crippen LogP contribution in [-0.2, 0) is 23.9 Å². The van der Waals surface area contributed by atoms with Crippen molar-refractivity contribution in [3.8, 4) is 0 Å². The number of carbonyl (C=O) groups excluding carboxylic acids is 3. The van der Waals surface area contributed by atoms with Crippen molar-refractivity contribution in [1.29, 1.82) is 0 Å².